The Morgan fingerprint density at radius 2 is 2.19 bits per heavy atom. The number of hydrogen-bond donors (Lipinski definition) is 1. The molecule has 0 radical (unpaired) electrons. The Labute approximate surface area is 183 Å². The molecule has 27 heavy (non-hydrogen) atoms. The molecule has 0 amide bonds. The number of nitrogens with one attached hydrogen (secondary N) is 1. The average molecular weight is 500 g/mol. The van der Waals surface area contributed by atoms with Crippen molar-refractivity contribution in [1.82, 2.24) is 25.0 Å². The number of halogens is 1. The van der Waals surface area contributed by atoms with E-state index in [-0.39, 0.29) is 24.0 Å². The van der Waals surface area contributed by atoms with E-state index in [1.165, 1.54) is 23.3 Å². The van der Waals surface area contributed by atoms with E-state index in [9.17, 15) is 0 Å². The van der Waals surface area contributed by atoms with Gasteiger partial charge in [0.25, 0.3) is 0 Å². The Balaban J connectivity index is 0.00000261. The highest BCUT2D eigenvalue weighted by Gasteiger charge is 2.21. The highest BCUT2D eigenvalue weighted by molar-refractivity contribution is 14.0. The lowest BCUT2D eigenvalue weighted by atomic mass is 10.1. The third kappa shape index (κ3) is 6.67. The van der Waals surface area contributed by atoms with Crippen LogP contribution in [0, 0.1) is 0 Å². The molecule has 1 atom stereocenters. The Morgan fingerprint density at radius 3 is 2.93 bits per heavy atom. The topological polar surface area (TPSA) is 58.3 Å². The molecular weight excluding hydrogens is 471 g/mol. The van der Waals surface area contributed by atoms with Gasteiger partial charge in [0.15, 0.2) is 5.96 Å². The first kappa shape index (κ1) is 22.0. The van der Waals surface area contributed by atoms with Crippen molar-refractivity contribution in [3.63, 3.8) is 0 Å². The lowest BCUT2D eigenvalue weighted by Gasteiger charge is -2.34. The maximum atomic E-state index is 4.90. The van der Waals surface area contributed by atoms with Crippen molar-refractivity contribution >= 4 is 41.7 Å². The van der Waals surface area contributed by atoms with Crippen molar-refractivity contribution in [2.45, 2.75) is 38.6 Å². The van der Waals surface area contributed by atoms with E-state index in [4.69, 9.17) is 4.99 Å². The first-order chi connectivity index (χ1) is 12.8. The normalized spacial score (nSPS) is 17.5. The third-order valence-electron chi connectivity index (χ3n) is 4.44. The molecule has 8 heteroatoms. The summed E-state index contributed by atoms with van der Waals surface area (Å²) in [4.78, 5) is 11.3. The Hall–Kier alpha value is -1.29. The van der Waals surface area contributed by atoms with Gasteiger partial charge in [0, 0.05) is 30.6 Å². The van der Waals surface area contributed by atoms with Gasteiger partial charge in [0.05, 0.1) is 13.1 Å². The lowest BCUT2D eigenvalue weighted by molar-refractivity contribution is 0.408. The highest BCUT2D eigenvalue weighted by atomic mass is 127. The number of thioether (sulfide) groups is 1. The van der Waals surface area contributed by atoms with Crippen LogP contribution in [0.5, 0.6) is 0 Å². The molecule has 2 aromatic rings. The van der Waals surface area contributed by atoms with Crippen LogP contribution in [-0.2, 0) is 13.1 Å². The summed E-state index contributed by atoms with van der Waals surface area (Å²) in [5.41, 5.74) is 2.44. The molecular formula is C19H29IN6S. The molecule has 2 heterocycles. The molecule has 3 rings (SSSR count). The smallest absolute Gasteiger partial charge is 0.194 e. The highest BCUT2D eigenvalue weighted by Crippen LogP contribution is 2.21. The summed E-state index contributed by atoms with van der Waals surface area (Å²) < 4.78 is 1.84. The van der Waals surface area contributed by atoms with Crippen LogP contribution in [-0.4, -0.2) is 56.3 Å². The second kappa shape index (κ2) is 11.5. The minimum atomic E-state index is 0. The number of guanidine groups is 1. The molecule has 1 unspecified atom stereocenters. The molecule has 0 spiro atoms. The van der Waals surface area contributed by atoms with Gasteiger partial charge in [-0.25, -0.2) is 14.7 Å². The average Bonchev–Trinajstić information content (AvgIpc) is 3.18. The maximum Gasteiger partial charge on any atom is 0.194 e. The second-order valence-electron chi connectivity index (χ2n) is 6.43. The molecule has 148 valence electrons. The number of nitrogens with zero attached hydrogens (tertiary/aromatic N) is 5. The van der Waals surface area contributed by atoms with Gasteiger partial charge in [-0.3, -0.25) is 0 Å². The van der Waals surface area contributed by atoms with Crippen molar-refractivity contribution in [3.8, 4) is 0 Å². The van der Waals surface area contributed by atoms with Gasteiger partial charge in [0.1, 0.15) is 12.7 Å². The van der Waals surface area contributed by atoms with Crippen molar-refractivity contribution < 1.29 is 0 Å². The Bertz CT molecular complexity index is 706. The van der Waals surface area contributed by atoms with Crippen LogP contribution in [0.1, 0.15) is 31.4 Å². The number of rotatable bonds is 6. The molecule has 1 aromatic heterocycles. The van der Waals surface area contributed by atoms with Gasteiger partial charge in [-0.05, 0) is 24.5 Å². The van der Waals surface area contributed by atoms with Gasteiger partial charge in [-0.15, -0.1) is 24.0 Å². The Kier molecular flexibility index (Phi) is 9.40. The van der Waals surface area contributed by atoms with Gasteiger partial charge in [-0.1, -0.05) is 31.2 Å². The quantitative estimate of drug-likeness (QED) is 0.375. The van der Waals surface area contributed by atoms with E-state index in [1.807, 2.05) is 4.68 Å². The summed E-state index contributed by atoms with van der Waals surface area (Å²) in [5, 5.41) is 8.34. The van der Waals surface area contributed by atoms with Gasteiger partial charge >= 0.3 is 0 Å². The zero-order valence-electron chi connectivity index (χ0n) is 16.0. The van der Waals surface area contributed by atoms with Gasteiger partial charge in [0.2, 0.25) is 0 Å². The predicted octanol–water partition coefficient (Wildman–Crippen LogP) is 3.24. The van der Waals surface area contributed by atoms with E-state index in [0.717, 1.165) is 32.1 Å². The molecule has 0 bridgehead atoms. The fourth-order valence-corrected chi connectivity index (χ4v) is 4.26. The number of hydrogen-bond acceptors (Lipinski definition) is 4. The summed E-state index contributed by atoms with van der Waals surface area (Å²) in [5.74, 6) is 2.21. The second-order valence-corrected chi connectivity index (χ2v) is 7.84. The molecule has 1 aliphatic heterocycles. The van der Waals surface area contributed by atoms with E-state index in [0.29, 0.717) is 11.8 Å². The number of aliphatic imine (C=N–C) groups is 1. The monoisotopic (exact) mass is 500 g/mol. The predicted molar refractivity (Wildman–Crippen MR) is 124 cm³/mol. The zero-order chi connectivity index (χ0) is 18.2. The van der Waals surface area contributed by atoms with E-state index in [2.05, 4.69) is 70.2 Å². The van der Waals surface area contributed by atoms with Crippen LogP contribution < -0.4 is 5.32 Å². The van der Waals surface area contributed by atoms with Crippen molar-refractivity contribution in [1.29, 1.82) is 0 Å². The summed E-state index contributed by atoms with van der Waals surface area (Å²) in [6.07, 6.45) is 4.52. The number of benzene rings is 1. The molecule has 1 aromatic carbocycles. The first-order valence-electron chi connectivity index (χ1n) is 9.33. The maximum absolute atomic E-state index is 4.90. The molecule has 0 aliphatic carbocycles. The van der Waals surface area contributed by atoms with Crippen LogP contribution in [0.4, 0.5) is 0 Å². The van der Waals surface area contributed by atoms with Crippen molar-refractivity contribution in [3.05, 3.63) is 48.0 Å². The molecule has 1 N–H and O–H groups in total. The van der Waals surface area contributed by atoms with Crippen LogP contribution in [0.15, 0.2) is 41.9 Å². The van der Waals surface area contributed by atoms with Crippen molar-refractivity contribution in [2.75, 3.05) is 25.4 Å². The molecule has 6 nitrogen and oxygen atoms in total. The lowest BCUT2D eigenvalue weighted by Crippen LogP contribution is -2.48. The van der Waals surface area contributed by atoms with E-state index in [1.54, 1.807) is 12.7 Å². The van der Waals surface area contributed by atoms with Gasteiger partial charge < -0.3 is 10.2 Å². The zero-order valence-corrected chi connectivity index (χ0v) is 19.2. The summed E-state index contributed by atoms with van der Waals surface area (Å²) in [7, 11) is 0. The van der Waals surface area contributed by atoms with E-state index < -0.39 is 0 Å². The molecule has 0 saturated carbocycles. The van der Waals surface area contributed by atoms with E-state index >= 15 is 0 Å². The summed E-state index contributed by atoms with van der Waals surface area (Å²) >= 11 is 2.08. The fourth-order valence-electron chi connectivity index (χ4n) is 3.08. The summed E-state index contributed by atoms with van der Waals surface area (Å²) in [6.45, 7) is 8.87. The minimum absolute atomic E-state index is 0. The van der Waals surface area contributed by atoms with Crippen LogP contribution in [0.2, 0.25) is 0 Å². The Morgan fingerprint density at radius 1 is 1.33 bits per heavy atom. The fraction of sp³-hybridized carbons (Fsp3) is 0.526. The van der Waals surface area contributed by atoms with Crippen molar-refractivity contribution in [2.24, 2.45) is 4.99 Å². The minimum Gasteiger partial charge on any atom is -0.357 e. The SMILES string of the molecule is CCNC(=NCc1cccc(Cn2cncn2)c1)N1CCSC(CC)C1.I. The van der Waals surface area contributed by atoms with Crippen LogP contribution in [0.25, 0.3) is 0 Å². The molecule has 1 saturated heterocycles. The van der Waals surface area contributed by atoms with Gasteiger partial charge in [-0.2, -0.15) is 16.9 Å². The standard InChI is InChI=1S/C19H28N6S.HI/c1-3-18-13-24(8-9-26-18)19(21-4-2)22-11-16-6-5-7-17(10-16)12-25-15-20-14-23-25;/h5-7,10,14-15,18H,3-4,8-9,11-13H2,1-2H3,(H,21,22);1H. The summed E-state index contributed by atoms with van der Waals surface area (Å²) in [6, 6.07) is 8.55. The van der Waals surface area contributed by atoms with Crippen LogP contribution in [0.3, 0.4) is 0 Å². The van der Waals surface area contributed by atoms with Crippen LogP contribution >= 0.6 is 35.7 Å². The third-order valence-corrected chi connectivity index (χ3v) is 5.81. The largest absolute Gasteiger partial charge is 0.357 e. The number of aromatic nitrogens is 3. The molecule has 1 aliphatic rings. The molecule has 1 fully saturated rings. The first-order valence-corrected chi connectivity index (χ1v) is 10.4.